The SMILES string of the molecule is COC(=O)c1cc(Cl)c(-c2c(F)cccc2OC)c(F)c1N(C(C)=O)c1c(C)ccnc1C(C)C.COc1cccc(F)c1-c1c(Cl)cc2c(c1F)N(c1c(C)ccnc1C(C)C)C(=O)CC2=O. The molecule has 0 atom stereocenters. The van der Waals surface area contributed by atoms with Gasteiger partial charge in [0.2, 0.25) is 11.8 Å². The Bertz CT molecular complexity index is 3020. The summed E-state index contributed by atoms with van der Waals surface area (Å²) < 4.78 is 77.9. The van der Waals surface area contributed by atoms with E-state index in [9.17, 15) is 28.0 Å². The normalized spacial score (nSPS) is 12.2. The first-order valence-electron chi connectivity index (χ1n) is 21.1. The maximum Gasteiger partial charge on any atom is 0.340 e. The first-order valence-corrected chi connectivity index (χ1v) is 21.8. The molecule has 0 radical (unpaired) electrons. The molecule has 1 aliphatic heterocycles. The molecule has 0 aliphatic carbocycles. The molecule has 2 aromatic heterocycles. The molecule has 0 saturated heterocycles. The minimum Gasteiger partial charge on any atom is -0.496 e. The molecule has 68 heavy (non-hydrogen) atoms. The molecule has 11 nitrogen and oxygen atoms in total. The monoisotopic (exact) mass is 972 g/mol. The van der Waals surface area contributed by atoms with Gasteiger partial charge in [-0.2, -0.15) is 0 Å². The van der Waals surface area contributed by atoms with Crippen LogP contribution < -0.4 is 19.3 Å². The fraction of sp³-hybridized carbons (Fsp3) is 0.255. The van der Waals surface area contributed by atoms with Crippen LogP contribution in [0.15, 0.2) is 73.1 Å². The van der Waals surface area contributed by atoms with E-state index in [2.05, 4.69) is 9.97 Å². The van der Waals surface area contributed by atoms with E-state index in [-0.39, 0.29) is 72.4 Å². The number of amides is 2. The number of aryl methyl sites for hydroxylation is 2. The first-order chi connectivity index (χ1) is 32.2. The van der Waals surface area contributed by atoms with Gasteiger partial charge in [0.05, 0.1) is 88.6 Å². The van der Waals surface area contributed by atoms with E-state index in [1.807, 2.05) is 27.7 Å². The molecule has 0 fully saturated rings. The van der Waals surface area contributed by atoms with Crippen molar-refractivity contribution in [1.29, 1.82) is 0 Å². The number of aromatic nitrogens is 2. The van der Waals surface area contributed by atoms with Gasteiger partial charge in [-0.15, -0.1) is 0 Å². The van der Waals surface area contributed by atoms with Crippen LogP contribution >= 0.6 is 23.2 Å². The summed E-state index contributed by atoms with van der Waals surface area (Å²) in [7, 11) is 3.76. The van der Waals surface area contributed by atoms with Crippen LogP contribution in [0, 0.1) is 37.1 Å². The van der Waals surface area contributed by atoms with E-state index >= 15 is 8.78 Å². The van der Waals surface area contributed by atoms with Gasteiger partial charge in [0.1, 0.15) is 23.1 Å². The molecule has 7 rings (SSSR count). The summed E-state index contributed by atoms with van der Waals surface area (Å²) in [4.78, 5) is 62.7. The molecule has 4 aromatic carbocycles. The molecule has 17 heteroatoms. The van der Waals surface area contributed by atoms with Gasteiger partial charge in [0.25, 0.3) is 0 Å². The maximum absolute atomic E-state index is 16.5. The summed E-state index contributed by atoms with van der Waals surface area (Å²) in [6.07, 6.45) is 2.75. The second kappa shape index (κ2) is 20.6. The number of fused-ring (bicyclic) bond motifs is 1. The molecule has 0 spiro atoms. The number of carbonyl (C=O) groups excluding carboxylic acids is 4. The van der Waals surface area contributed by atoms with Crippen molar-refractivity contribution in [2.24, 2.45) is 0 Å². The second-order valence-electron chi connectivity index (χ2n) is 16.2. The van der Waals surface area contributed by atoms with Crippen molar-refractivity contribution in [3.8, 4) is 33.8 Å². The lowest BCUT2D eigenvalue weighted by Crippen LogP contribution is -2.36. The highest BCUT2D eigenvalue weighted by Gasteiger charge is 2.39. The summed E-state index contributed by atoms with van der Waals surface area (Å²) in [5.74, 6) is -6.45. The number of rotatable bonds is 10. The molecular weight excluding hydrogens is 927 g/mol. The molecule has 0 saturated carbocycles. The zero-order valence-electron chi connectivity index (χ0n) is 38.7. The highest BCUT2D eigenvalue weighted by molar-refractivity contribution is 6.35. The zero-order chi connectivity index (χ0) is 50.0. The third-order valence-corrected chi connectivity index (χ3v) is 11.8. The highest BCUT2D eigenvalue weighted by atomic mass is 35.5. The molecule has 2 amide bonds. The fourth-order valence-corrected chi connectivity index (χ4v) is 8.67. The quantitative estimate of drug-likeness (QED) is 0.0748. The van der Waals surface area contributed by atoms with Gasteiger partial charge in [0, 0.05) is 36.0 Å². The minimum absolute atomic E-state index is 0.0253. The predicted molar refractivity (Wildman–Crippen MR) is 253 cm³/mol. The van der Waals surface area contributed by atoms with Gasteiger partial charge in [0.15, 0.2) is 17.4 Å². The summed E-state index contributed by atoms with van der Waals surface area (Å²) >= 11 is 12.8. The van der Waals surface area contributed by atoms with Crippen molar-refractivity contribution in [2.45, 2.75) is 66.7 Å². The Morgan fingerprint density at radius 2 is 1.21 bits per heavy atom. The Morgan fingerprint density at radius 1 is 0.691 bits per heavy atom. The Morgan fingerprint density at radius 3 is 1.72 bits per heavy atom. The number of hydrogen-bond acceptors (Lipinski definition) is 9. The number of carbonyl (C=O) groups is 4. The number of hydrogen-bond donors (Lipinski definition) is 0. The van der Waals surface area contributed by atoms with Gasteiger partial charge < -0.3 is 14.2 Å². The van der Waals surface area contributed by atoms with Gasteiger partial charge in [-0.25, -0.2) is 22.4 Å². The van der Waals surface area contributed by atoms with Crippen molar-refractivity contribution < 1.29 is 51.0 Å². The van der Waals surface area contributed by atoms with Crippen LogP contribution in [-0.4, -0.2) is 54.9 Å². The molecule has 0 unspecified atom stereocenters. The number of methoxy groups -OCH3 is 3. The van der Waals surface area contributed by atoms with Crippen LogP contribution in [0.1, 0.15) is 96.1 Å². The van der Waals surface area contributed by atoms with Gasteiger partial charge in [-0.05, 0) is 85.3 Å². The van der Waals surface area contributed by atoms with Crippen molar-refractivity contribution in [1.82, 2.24) is 9.97 Å². The van der Waals surface area contributed by atoms with E-state index in [0.29, 0.717) is 33.9 Å². The summed E-state index contributed by atoms with van der Waals surface area (Å²) in [5.41, 5.74) is 0.977. The third-order valence-electron chi connectivity index (χ3n) is 11.2. The Hall–Kier alpha value is -6.84. The molecule has 0 N–H and O–H groups in total. The van der Waals surface area contributed by atoms with Crippen LogP contribution in [0.25, 0.3) is 22.3 Å². The van der Waals surface area contributed by atoms with Crippen molar-refractivity contribution >= 4 is 69.5 Å². The van der Waals surface area contributed by atoms with E-state index in [1.165, 1.54) is 56.4 Å². The number of anilines is 4. The predicted octanol–water partition coefficient (Wildman–Crippen LogP) is 13.0. The van der Waals surface area contributed by atoms with Crippen molar-refractivity contribution in [3.05, 3.63) is 140 Å². The molecule has 0 bridgehead atoms. The number of halogens is 6. The molecule has 354 valence electrons. The summed E-state index contributed by atoms with van der Waals surface area (Å²) in [6, 6.07) is 13.9. The average molecular weight is 974 g/mol. The number of ether oxygens (including phenoxy) is 3. The smallest absolute Gasteiger partial charge is 0.340 e. The lowest BCUT2D eigenvalue weighted by atomic mass is 9.92. The number of Topliss-reactive ketones (excluding diaryl/α,β-unsaturated/α-hetero) is 1. The highest BCUT2D eigenvalue weighted by Crippen LogP contribution is 2.49. The van der Waals surface area contributed by atoms with Crippen LogP contribution in [0.2, 0.25) is 10.0 Å². The standard InChI is InChI=1S/C26H25ClF2N2O4.C25H21ClF2N2O3/c1-13(2)23-24(14(3)10-11-30-23)31(15(4)32)25-16(26(33)35-6)12-17(27)20(22(25)29)21-18(28)8-7-9-19(21)34-5;1-12(2)23-24(13(3)8-9-29-23)30-19(32)11-17(31)14-10-15(26)20(22(28)25(14)30)21-16(27)6-5-7-18(21)33-4/h7-13H,1-6H3;5-10,12H,11H2,1-4H3. The van der Waals surface area contributed by atoms with Gasteiger partial charge in [-0.3, -0.25) is 34.2 Å². The van der Waals surface area contributed by atoms with Crippen molar-refractivity contribution in [2.75, 3.05) is 31.1 Å². The van der Waals surface area contributed by atoms with Crippen LogP contribution in [-0.2, 0) is 14.3 Å². The Kier molecular flexibility index (Phi) is 15.3. The van der Waals surface area contributed by atoms with Crippen LogP contribution in [0.4, 0.5) is 40.3 Å². The summed E-state index contributed by atoms with van der Waals surface area (Å²) in [5, 5.41) is -0.421. The fourth-order valence-electron chi connectivity index (χ4n) is 8.09. The maximum atomic E-state index is 16.5. The first kappa shape index (κ1) is 50.6. The Labute approximate surface area is 400 Å². The zero-order valence-corrected chi connectivity index (χ0v) is 40.2. The molecule has 1 aliphatic rings. The second-order valence-corrected chi connectivity index (χ2v) is 17.0. The number of benzene rings is 4. The van der Waals surface area contributed by atoms with E-state index in [4.69, 9.17) is 37.4 Å². The van der Waals surface area contributed by atoms with E-state index in [0.717, 1.165) is 30.2 Å². The molecule has 6 aromatic rings. The molecular formula is C51H46Cl2F4N4O7. The minimum atomic E-state index is -1.09. The average Bonchev–Trinajstić information content (AvgIpc) is 3.28. The van der Waals surface area contributed by atoms with E-state index < -0.39 is 58.9 Å². The third kappa shape index (κ3) is 9.24. The van der Waals surface area contributed by atoms with Crippen LogP contribution in [0.3, 0.4) is 0 Å². The topological polar surface area (TPSA) is 128 Å². The largest absolute Gasteiger partial charge is 0.496 e. The number of nitrogens with zero attached hydrogens (tertiary/aromatic N) is 4. The van der Waals surface area contributed by atoms with Crippen LogP contribution in [0.5, 0.6) is 11.5 Å². The molecule has 3 heterocycles. The summed E-state index contributed by atoms with van der Waals surface area (Å²) in [6.45, 7) is 12.3. The number of pyridine rings is 2. The number of ketones is 1. The Balaban J connectivity index is 0.000000224. The van der Waals surface area contributed by atoms with Gasteiger partial charge >= 0.3 is 5.97 Å². The lowest BCUT2D eigenvalue weighted by molar-refractivity contribution is -0.117. The number of esters is 1. The van der Waals surface area contributed by atoms with Gasteiger partial charge in [-0.1, -0.05) is 63.0 Å². The van der Waals surface area contributed by atoms with Crippen molar-refractivity contribution in [3.63, 3.8) is 0 Å². The van der Waals surface area contributed by atoms with E-state index in [1.54, 1.807) is 38.4 Å². The lowest BCUT2D eigenvalue weighted by Gasteiger charge is -2.33.